The van der Waals surface area contributed by atoms with Crippen LogP contribution in [0, 0.1) is 5.92 Å². The SMILES string of the molecule is NC(C[C@@H]1C[C@@]1(C(=O)O)c1ccccc1)C(=O)O. The van der Waals surface area contributed by atoms with E-state index >= 15 is 0 Å². The molecule has 0 spiro atoms. The van der Waals surface area contributed by atoms with Crippen LogP contribution < -0.4 is 5.73 Å². The van der Waals surface area contributed by atoms with E-state index in [4.69, 9.17) is 10.8 Å². The summed E-state index contributed by atoms with van der Waals surface area (Å²) in [4.78, 5) is 22.2. The molecule has 3 atom stereocenters. The lowest BCUT2D eigenvalue weighted by Gasteiger charge is -2.14. The van der Waals surface area contributed by atoms with E-state index in [9.17, 15) is 14.7 Å². The Hall–Kier alpha value is -1.88. The van der Waals surface area contributed by atoms with Gasteiger partial charge in [-0.2, -0.15) is 0 Å². The molecule has 1 aliphatic rings. The van der Waals surface area contributed by atoms with Crippen molar-refractivity contribution in [3.05, 3.63) is 35.9 Å². The van der Waals surface area contributed by atoms with Gasteiger partial charge in [0.05, 0.1) is 5.41 Å². The highest BCUT2D eigenvalue weighted by Gasteiger charge is 2.61. The van der Waals surface area contributed by atoms with Crippen LogP contribution in [0.15, 0.2) is 30.3 Å². The largest absolute Gasteiger partial charge is 0.481 e. The van der Waals surface area contributed by atoms with Crippen molar-refractivity contribution in [2.24, 2.45) is 11.7 Å². The Labute approximate surface area is 104 Å². The van der Waals surface area contributed by atoms with Crippen LogP contribution in [-0.4, -0.2) is 28.2 Å². The van der Waals surface area contributed by atoms with Crippen LogP contribution in [0.25, 0.3) is 0 Å². The van der Waals surface area contributed by atoms with Crippen molar-refractivity contribution in [2.75, 3.05) is 0 Å². The average molecular weight is 249 g/mol. The highest BCUT2D eigenvalue weighted by molar-refractivity contribution is 5.86. The number of carboxylic acids is 2. The predicted molar refractivity (Wildman–Crippen MR) is 64.1 cm³/mol. The van der Waals surface area contributed by atoms with Gasteiger partial charge in [-0.25, -0.2) is 0 Å². The minimum absolute atomic E-state index is 0.191. The first-order valence-electron chi connectivity index (χ1n) is 5.76. The number of benzene rings is 1. The van der Waals surface area contributed by atoms with Gasteiger partial charge in [0.2, 0.25) is 0 Å². The molecule has 96 valence electrons. The highest BCUT2D eigenvalue weighted by atomic mass is 16.4. The second kappa shape index (κ2) is 4.42. The van der Waals surface area contributed by atoms with Gasteiger partial charge in [-0.1, -0.05) is 30.3 Å². The summed E-state index contributed by atoms with van der Waals surface area (Å²) >= 11 is 0. The van der Waals surface area contributed by atoms with Crippen LogP contribution in [0.2, 0.25) is 0 Å². The van der Waals surface area contributed by atoms with E-state index in [0.717, 1.165) is 5.56 Å². The molecular formula is C13H15NO4. The van der Waals surface area contributed by atoms with Gasteiger partial charge in [0.15, 0.2) is 0 Å². The number of hydrogen-bond donors (Lipinski definition) is 3. The first-order valence-corrected chi connectivity index (χ1v) is 5.76. The van der Waals surface area contributed by atoms with Crippen molar-refractivity contribution in [3.63, 3.8) is 0 Å². The maximum Gasteiger partial charge on any atom is 0.320 e. The van der Waals surface area contributed by atoms with Gasteiger partial charge in [0.1, 0.15) is 6.04 Å². The number of hydrogen-bond acceptors (Lipinski definition) is 3. The normalized spacial score (nSPS) is 27.5. The van der Waals surface area contributed by atoms with E-state index in [1.54, 1.807) is 24.3 Å². The molecule has 0 aliphatic heterocycles. The number of nitrogens with two attached hydrogens (primary N) is 1. The molecule has 0 radical (unpaired) electrons. The van der Waals surface area contributed by atoms with Crippen LogP contribution in [0.3, 0.4) is 0 Å². The van der Waals surface area contributed by atoms with Crippen LogP contribution in [0.5, 0.6) is 0 Å². The molecule has 0 amide bonds. The topological polar surface area (TPSA) is 101 Å². The van der Waals surface area contributed by atoms with Crippen LogP contribution in [-0.2, 0) is 15.0 Å². The fraction of sp³-hybridized carbons (Fsp3) is 0.385. The molecule has 1 saturated carbocycles. The number of aliphatic carboxylic acids is 2. The Bertz CT molecular complexity index is 473. The van der Waals surface area contributed by atoms with Gasteiger partial charge >= 0.3 is 11.9 Å². The van der Waals surface area contributed by atoms with Gasteiger partial charge in [0, 0.05) is 0 Å². The third-order valence-corrected chi connectivity index (χ3v) is 3.63. The zero-order chi connectivity index (χ0) is 13.3. The van der Waals surface area contributed by atoms with Crippen molar-refractivity contribution in [1.29, 1.82) is 0 Å². The lowest BCUT2D eigenvalue weighted by molar-refractivity contribution is -0.142. The average Bonchev–Trinajstić information content (AvgIpc) is 3.05. The molecular weight excluding hydrogens is 234 g/mol. The Morgan fingerprint density at radius 2 is 1.94 bits per heavy atom. The van der Waals surface area contributed by atoms with E-state index in [-0.39, 0.29) is 12.3 Å². The lowest BCUT2D eigenvalue weighted by Crippen LogP contribution is -2.32. The lowest BCUT2D eigenvalue weighted by atomic mass is 9.91. The fourth-order valence-electron chi connectivity index (χ4n) is 2.50. The van der Waals surface area contributed by atoms with Gasteiger partial charge in [-0.3, -0.25) is 9.59 Å². The summed E-state index contributed by atoms with van der Waals surface area (Å²) in [7, 11) is 0. The van der Waals surface area contributed by atoms with E-state index in [1.165, 1.54) is 0 Å². The van der Waals surface area contributed by atoms with Gasteiger partial charge < -0.3 is 15.9 Å². The van der Waals surface area contributed by atoms with Crippen LogP contribution >= 0.6 is 0 Å². The van der Waals surface area contributed by atoms with E-state index in [2.05, 4.69) is 0 Å². The first kappa shape index (κ1) is 12.6. The van der Waals surface area contributed by atoms with Gasteiger partial charge in [-0.05, 0) is 24.3 Å². The van der Waals surface area contributed by atoms with Crippen LogP contribution in [0.4, 0.5) is 0 Å². The summed E-state index contributed by atoms with van der Waals surface area (Å²) in [6.07, 6.45) is 0.643. The summed E-state index contributed by atoms with van der Waals surface area (Å²) in [5.74, 6) is -2.20. The van der Waals surface area contributed by atoms with Crippen molar-refractivity contribution < 1.29 is 19.8 Å². The van der Waals surface area contributed by atoms with Crippen molar-refractivity contribution in [2.45, 2.75) is 24.3 Å². The third kappa shape index (κ3) is 1.97. The maximum atomic E-state index is 11.5. The molecule has 1 aliphatic carbocycles. The monoisotopic (exact) mass is 249 g/mol. The molecule has 5 heteroatoms. The predicted octanol–water partition coefficient (Wildman–Crippen LogP) is 0.831. The Morgan fingerprint density at radius 3 is 2.44 bits per heavy atom. The summed E-state index contributed by atoms with van der Waals surface area (Å²) in [6.45, 7) is 0. The first-order chi connectivity index (χ1) is 8.48. The smallest absolute Gasteiger partial charge is 0.320 e. The molecule has 18 heavy (non-hydrogen) atoms. The molecule has 0 aromatic heterocycles. The number of carbonyl (C=O) groups is 2. The fourth-order valence-corrected chi connectivity index (χ4v) is 2.50. The highest BCUT2D eigenvalue weighted by Crippen LogP contribution is 2.56. The molecule has 2 rings (SSSR count). The Morgan fingerprint density at radius 1 is 1.33 bits per heavy atom. The summed E-state index contributed by atoms with van der Waals surface area (Å²) in [6, 6.07) is 7.92. The van der Waals surface area contributed by atoms with Crippen molar-refractivity contribution in [3.8, 4) is 0 Å². The molecule has 1 fully saturated rings. The molecule has 0 bridgehead atoms. The summed E-state index contributed by atoms with van der Waals surface area (Å²) in [5.41, 5.74) is 5.24. The van der Waals surface area contributed by atoms with E-state index in [0.29, 0.717) is 6.42 Å². The van der Waals surface area contributed by atoms with E-state index in [1.807, 2.05) is 6.07 Å². The molecule has 1 aromatic carbocycles. The molecule has 4 N–H and O–H groups in total. The van der Waals surface area contributed by atoms with E-state index < -0.39 is 23.4 Å². The zero-order valence-corrected chi connectivity index (χ0v) is 9.74. The molecule has 5 nitrogen and oxygen atoms in total. The van der Waals surface area contributed by atoms with Crippen LogP contribution in [0.1, 0.15) is 18.4 Å². The molecule has 0 saturated heterocycles. The summed E-state index contributed by atoms with van der Waals surface area (Å²) < 4.78 is 0. The minimum Gasteiger partial charge on any atom is -0.481 e. The molecule has 1 unspecified atom stereocenters. The minimum atomic E-state index is -1.09. The van der Waals surface area contributed by atoms with Gasteiger partial charge in [0.25, 0.3) is 0 Å². The number of rotatable bonds is 5. The standard InChI is InChI=1S/C13H15NO4/c14-10(11(15)16)6-9-7-13(9,12(17)18)8-4-2-1-3-5-8/h1-5,9-10H,6-7,14H2,(H,15,16)(H,17,18)/t9-,10?,13-/m1/s1. The number of carboxylic acid groups (broad SMARTS) is 2. The Balaban J connectivity index is 2.19. The maximum absolute atomic E-state index is 11.5. The molecule has 0 heterocycles. The molecule has 1 aromatic rings. The third-order valence-electron chi connectivity index (χ3n) is 3.63. The summed E-state index contributed by atoms with van der Waals surface area (Å²) in [5, 5.41) is 18.2. The second-order valence-electron chi connectivity index (χ2n) is 4.72. The van der Waals surface area contributed by atoms with Crippen molar-refractivity contribution >= 4 is 11.9 Å². The second-order valence-corrected chi connectivity index (χ2v) is 4.72. The van der Waals surface area contributed by atoms with Crippen molar-refractivity contribution in [1.82, 2.24) is 0 Å². The quantitative estimate of drug-likeness (QED) is 0.717. The van der Waals surface area contributed by atoms with Gasteiger partial charge in [-0.15, -0.1) is 0 Å². The zero-order valence-electron chi connectivity index (χ0n) is 9.74. The Kier molecular flexibility index (Phi) is 3.09.